The van der Waals surface area contributed by atoms with Crippen molar-refractivity contribution in [1.82, 2.24) is 0 Å². The van der Waals surface area contributed by atoms with Crippen LogP contribution in [0, 0.1) is 27.7 Å². The van der Waals surface area contributed by atoms with Gasteiger partial charge < -0.3 is 18.9 Å². The molecule has 2 rings (SSSR count). The maximum atomic E-state index is 12.1. The minimum Gasteiger partial charge on any atom is -0.454 e. The Labute approximate surface area is 237 Å². The van der Waals surface area contributed by atoms with Gasteiger partial charge in [0.2, 0.25) is 12.6 Å². The number of hydrogen-bond donors (Lipinski definition) is 0. The molecule has 0 radical (unpaired) electrons. The molecule has 0 amide bonds. The van der Waals surface area contributed by atoms with Crippen molar-refractivity contribution in [3.05, 3.63) is 70.8 Å². The fourth-order valence-electron chi connectivity index (χ4n) is 3.90. The van der Waals surface area contributed by atoms with Gasteiger partial charge in [-0.15, -0.1) is 0 Å². The minimum absolute atomic E-state index is 0.343. The molecule has 212 valence electrons. The van der Waals surface area contributed by atoms with Crippen molar-refractivity contribution in [1.29, 1.82) is 0 Å². The third kappa shape index (κ3) is 9.50. The highest BCUT2D eigenvalue weighted by Crippen LogP contribution is 2.37. The maximum absolute atomic E-state index is 12.1. The predicted molar refractivity (Wildman–Crippen MR) is 156 cm³/mol. The van der Waals surface area contributed by atoms with Crippen LogP contribution in [0.2, 0.25) is 0 Å². The van der Waals surface area contributed by atoms with Crippen LogP contribution in [-0.2, 0) is 19.1 Å². The molecule has 39 heavy (non-hydrogen) atoms. The van der Waals surface area contributed by atoms with Crippen LogP contribution in [0.3, 0.4) is 0 Å². The zero-order valence-corrected chi connectivity index (χ0v) is 25.4. The molecular formula is C32H42O6S. The first-order valence-corrected chi connectivity index (χ1v) is 14.1. The Kier molecular flexibility index (Phi) is 12.2. The standard InChI is InChI=1S/C32H42O6S/c1-11-13-27(37-31(33)19(3)4)35-29-21(7)15-25(16-22(29)8)39-26-17-23(9)30(24(10)18-26)36-28(14-12-2)38-32(34)20(5)6/h15-18,27-28H,3,5,11-14H2,1-2,4,6-10H3. The van der Waals surface area contributed by atoms with E-state index in [1.165, 1.54) is 0 Å². The maximum Gasteiger partial charge on any atom is 0.336 e. The van der Waals surface area contributed by atoms with Crippen LogP contribution in [0.15, 0.2) is 58.4 Å². The molecule has 0 aliphatic heterocycles. The molecule has 0 saturated heterocycles. The lowest BCUT2D eigenvalue weighted by atomic mass is 10.1. The first-order valence-electron chi connectivity index (χ1n) is 13.3. The number of carbonyl (C=O) groups is 2. The molecule has 6 nitrogen and oxygen atoms in total. The van der Waals surface area contributed by atoms with Gasteiger partial charge in [0.1, 0.15) is 11.5 Å². The second kappa shape index (κ2) is 14.8. The summed E-state index contributed by atoms with van der Waals surface area (Å²) in [6, 6.07) is 8.28. The van der Waals surface area contributed by atoms with Gasteiger partial charge in [0.25, 0.3) is 0 Å². The van der Waals surface area contributed by atoms with Gasteiger partial charge in [0.05, 0.1) is 0 Å². The summed E-state index contributed by atoms with van der Waals surface area (Å²) >= 11 is 1.64. The molecule has 7 heteroatoms. The van der Waals surface area contributed by atoms with Crippen LogP contribution < -0.4 is 9.47 Å². The number of rotatable bonds is 14. The van der Waals surface area contributed by atoms with Crippen molar-refractivity contribution in [2.45, 2.75) is 103 Å². The molecular weight excluding hydrogens is 512 g/mol. The van der Waals surface area contributed by atoms with E-state index in [1.54, 1.807) is 25.6 Å². The molecule has 0 saturated carbocycles. The smallest absolute Gasteiger partial charge is 0.336 e. The lowest BCUT2D eigenvalue weighted by molar-refractivity contribution is -0.160. The van der Waals surface area contributed by atoms with Crippen molar-refractivity contribution in [2.24, 2.45) is 0 Å². The second-order valence-electron chi connectivity index (χ2n) is 9.92. The number of esters is 2. The van der Waals surface area contributed by atoms with Crippen molar-refractivity contribution in [3.63, 3.8) is 0 Å². The number of hydrogen-bond acceptors (Lipinski definition) is 7. The highest BCUT2D eigenvalue weighted by molar-refractivity contribution is 7.99. The Hall–Kier alpha value is -3.19. The van der Waals surface area contributed by atoms with Gasteiger partial charge in [0, 0.05) is 33.8 Å². The topological polar surface area (TPSA) is 71.1 Å². The molecule has 0 spiro atoms. The molecule has 0 aliphatic carbocycles. The summed E-state index contributed by atoms with van der Waals surface area (Å²) in [6.45, 7) is 22.6. The van der Waals surface area contributed by atoms with E-state index in [9.17, 15) is 9.59 Å². The van der Waals surface area contributed by atoms with Gasteiger partial charge in [-0.3, -0.25) is 0 Å². The van der Waals surface area contributed by atoms with Crippen LogP contribution in [-0.4, -0.2) is 24.5 Å². The summed E-state index contributed by atoms with van der Waals surface area (Å²) in [7, 11) is 0. The number of benzene rings is 2. The van der Waals surface area contributed by atoms with Gasteiger partial charge >= 0.3 is 11.9 Å². The highest BCUT2D eigenvalue weighted by atomic mass is 32.2. The van der Waals surface area contributed by atoms with E-state index in [0.29, 0.717) is 24.0 Å². The van der Waals surface area contributed by atoms with Crippen molar-refractivity contribution in [2.75, 3.05) is 0 Å². The zero-order chi connectivity index (χ0) is 29.3. The third-order valence-corrected chi connectivity index (χ3v) is 6.77. The summed E-state index contributed by atoms with van der Waals surface area (Å²) in [4.78, 5) is 26.2. The third-order valence-electron chi connectivity index (χ3n) is 5.82. The Balaban J connectivity index is 2.23. The molecule has 2 aromatic rings. The lowest BCUT2D eigenvalue weighted by Crippen LogP contribution is -2.25. The van der Waals surface area contributed by atoms with E-state index in [0.717, 1.165) is 56.4 Å². The molecule has 2 aromatic carbocycles. The van der Waals surface area contributed by atoms with E-state index >= 15 is 0 Å². The monoisotopic (exact) mass is 554 g/mol. The van der Waals surface area contributed by atoms with Crippen molar-refractivity contribution in [3.8, 4) is 11.5 Å². The summed E-state index contributed by atoms with van der Waals surface area (Å²) in [6.07, 6.45) is 1.47. The minimum atomic E-state index is -0.667. The average Bonchev–Trinajstić information content (AvgIpc) is 2.83. The van der Waals surface area contributed by atoms with Crippen molar-refractivity contribution >= 4 is 23.7 Å². The molecule has 0 aromatic heterocycles. The van der Waals surface area contributed by atoms with E-state index in [-0.39, 0.29) is 0 Å². The van der Waals surface area contributed by atoms with E-state index in [1.807, 2.05) is 41.5 Å². The SMILES string of the molecule is C=C(C)C(=O)OC(CCC)Oc1c(C)cc(Sc2cc(C)c(OC(CCC)OC(=O)C(=C)C)c(C)c2)cc1C. The zero-order valence-electron chi connectivity index (χ0n) is 24.6. The molecule has 2 atom stereocenters. The quantitative estimate of drug-likeness (QED) is 0.132. The normalized spacial score (nSPS) is 12.3. The van der Waals surface area contributed by atoms with Gasteiger partial charge in [-0.25, -0.2) is 9.59 Å². The number of ether oxygens (including phenoxy) is 4. The first-order chi connectivity index (χ1) is 18.4. The Morgan fingerprint density at radius 2 is 1.00 bits per heavy atom. The number of carbonyl (C=O) groups excluding carboxylic acids is 2. The van der Waals surface area contributed by atoms with E-state index in [4.69, 9.17) is 18.9 Å². The van der Waals surface area contributed by atoms with Crippen LogP contribution >= 0.6 is 11.8 Å². The molecule has 0 aliphatic rings. The predicted octanol–water partition coefficient (Wildman–Crippen LogP) is 8.32. The van der Waals surface area contributed by atoms with E-state index in [2.05, 4.69) is 37.4 Å². The van der Waals surface area contributed by atoms with Crippen LogP contribution in [0.1, 0.15) is 75.6 Å². The van der Waals surface area contributed by atoms with Gasteiger partial charge in [0.15, 0.2) is 0 Å². The molecule has 0 fully saturated rings. The molecule has 0 heterocycles. The van der Waals surface area contributed by atoms with Crippen molar-refractivity contribution < 1.29 is 28.5 Å². The molecule has 0 N–H and O–H groups in total. The lowest BCUT2D eigenvalue weighted by Gasteiger charge is -2.22. The Morgan fingerprint density at radius 1 is 0.692 bits per heavy atom. The first kappa shape index (κ1) is 32.0. The summed E-state index contributed by atoms with van der Waals surface area (Å²) in [5.74, 6) is 0.526. The summed E-state index contributed by atoms with van der Waals surface area (Å²) in [5.41, 5.74) is 4.52. The van der Waals surface area contributed by atoms with E-state index < -0.39 is 24.5 Å². The molecule has 2 unspecified atom stereocenters. The van der Waals surface area contributed by atoms with Gasteiger partial charge in [-0.05, 0) is 101 Å². The van der Waals surface area contributed by atoms with Gasteiger partial charge in [-0.1, -0.05) is 38.8 Å². The molecule has 0 bridgehead atoms. The fraction of sp³-hybridized carbons (Fsp3) is 0.438. The van der Waals surface area contributed by atoms with Crippen LogP contribution in [0.4, 0.5) is 0 Å². The van der Waals surface area contributed by atoms with Crippen LogP contribution in [0.5, 0.6) is 11.5 Å². The van der Waals surface area contributed by atoms with Gasteiger partial charge in [-0.2, -0.15) is 0 Å². The summed E-state index contributed by atoms with van der Waals surface area (Å²) in [5, 5.41) is 0. The van der Waals surface area contributed by atoms with Crippen LogP contribution in [0.25, 0.3) is 0 Å². The second-order valence-corrected chi connectivity index (χ2v) is 11.1. The Morgan fingerprint density at radius 3 is 1.26 bits per heavy atom. The average molecular weight is 555 g/mol. The fourth-order valence-corrected chi connectivity index (χ4v) is 5.12. The number of aryl methyl sites for hydroxylation is 4. The largest absolute Gasteiger partial charge is 0.454 e. The highest BCUT2D eigenvalue weighted by Gasteiger charge is 2.20. The Bertz CT molecular complexity index is 1080. The summed E-state index contributed by atoms with van der Waals surface area (Å²) < 4.78 is 23.3.